The van der Waals surface area contributed by atoms with Crippen LogP contribution in [0.25, 0.3) is 0 Å². The van der Waals surface area contributed by atoms with Gasteiger partial charge in [0.1, 0.15) is 73.2 Å². The maximum absolute atomic E-state index is 12.6. The number of hydrogen-bond acceptors (Lipinski definition) is 40. The molecule has 6 aliphatic rings. The molecular formula is C45H80O45S7. The number of ether oxygens (including phenoxy) is 17. The van der Waals surface area contributed by atoms with Crippen LogP contribution in [0.5, 0.6) is 0 Å². The third-order valence-electron chi connectivity index (χ3n) is 15.3. The van der Waals surface area contributed by atoms with Crippen molar-refractivity contribution < 1.29 is 202 Å². The Morgan fingerprint density at radius 1 is 0.340 bits per heavy atom. The summed E-state index contributed by atoms with van der Waals surface area (Å²) >= 11 is 0.0277. The lowest BCUT2D eigenvalue weighted by Gasteiger charge is -2.48. The van der Waals surface area contributed by atoms with Gasteiger partial charge in [-0.05, 0) is 19.3 Å². The Hall–Kier alpha value is -1.27. The molecule has 52 heteroatoms. The molecule has 572 valence electrons. The van der Waals surface area contributed by atoms with Gasteiger partial charge in [-0.15, -0.1) is 4.33 Å². The van der Waals surface area contributed by atoms with Crippen LogP contribution in [0.15, 0.2) is 0 Å². The fourth-order valence-corrected chi connectivity index (χ4v) is 14.7. The first kappa shape index (κ1) is 84.7. The summed E-state index contributed by atoms with van der Waals surface area (Å²) in [5.41, 5.74) is 0. The van der Waals surface area contributed by atoms with E-state index in [1.807, 2.05) is 0 Å². The number of rotatable bonds is 40. The Morgan fingerprint density at radius 2 is 0.598 bits per heavy atom. The van der Waals surface area contributed by atoms with Crippen LogP contribution < -0.4 is 0 Å². The Bertz CT molecular complexity index is 3080. The van der Waals surface area contributed by atoms with Gasteiger partial charge in [-0.2, -0.15) is 50.5 Å². The van der Waals surface area contributed by atoms with E-state index in [9.17, 15) is 77.8 Å². The highest BCUT2D eigenvalue weighted by Crippen LogP contribution is 2.39. The highest BCUT2D eigenvalue weighted by molar-refractivity contribution is 7.89. The lowest BCUT2D eigenvalue weighted by atomic mass is 9.89. The molecule has 6 fully saturated rings. The van der Waals surface area contributed by atoms with Crippen LogP contribution in [0.2, 0.25) is 0 Å². The maximum atomic E-state index is 12.6. The zero-order valence-corrected chi connectivity index (χ0v) is 58.0. The lowest BCUT2D eigenvalue weighted by Crippen LogP contribution is -2.65. The normalized spacial score (nSPS) is 36.9. The molecule has 5 saturated heterocycles. The summed E-state index contributed by atoms with van der Waals surface area (Å²) in [6.07, 6.45) is -37.5. The second-order valence-corrected chi connectivity index (χ2v) is 28.4. The van der Waals surface area contributed by atoms with Crippen LogP contribution in [0.1, 0.15) is 58.3 Å². The Balaban J connectivity index is 1.19. The maximum Gasteiger partial charge on any atom is 0.397 e. The molecule has 1 saturated carbocycles. The standard InChI is InChI=1S/C45H80O45S7/c1-8-9-10-11-12-13-16-71-22-14-15-23(29(65-2)35(22)83-92(47,48)49)77-41-36(84-93(50,51)52)30(66-3)24(17-72-41)78-42-37(85-94(53,54)55)31(67-4)25(18-73-42)79-43-38(86-95(56,57)58)32(68-5)26(19-74-43)80-44-39(87-96(59,60)61)33(69-6)27(20-75-44)81-45-40(88-97(62,63)64)34(70-7)28(21-76-45)82-91-90-89-46/h22-46H,8-21H2,1-7H3,(H,47,48,49)(H,50,51,52)(H,53,54,55)(H,56,57,58)(H,59,60,61)(H,62,63,64)/t22-,23-,24-,25-,26-,27-,28+,29+,30+,31+,32+,33+,34+,35?,36?,37?,38?,39?,40?,41+,42+,43+,44+,45+/m1/s1. The van der Waals surface area contributed by atoms with Gasteiger partial charge < -0.3 is 80.5 Å². The first-order valence-electron chi connectivity index (χ1n) is 28.9. The van der Waals surface area contributed by atoms with Crippen molar-refractivity contribution >= 4 is 74.7 Å². The molecule has 5 heterocycles. The molecule has 0 bridgehead atoms. The SMILES string of the molecule is CCCCCCCCO[C@@H]1CC[C@@H](O[C@@H]2OC[C@@H](O[C@@H]3OC[C@@H](O[C@@H]4OC[C@@H](O[C@@H]5OC[C@@H](O[C@@H]6OC[C@H](OSOOO)[C@H](OC)C6OS(=O)(=O)O)[C@H](OC)C5OS(=O)(=O)O)[C@H](OC)C4OS(=O)(=O)O)[C@H](OC)C3OS(=O)(=O)O)[C@H](OC)C2OS(=O)(=O)O)[C@H](OC)C1OS(=O)(=O)O. The minimum Gasteiger partial charge on any atom is -0.376 e. The van der Waals surface area contributed by atoms with Gasteiger partial charge in [0.15, 0.2) is 74.3 Å². The summed E-state index contributed by atoms with van der Waals surface area (Å²) in [5, 5.41) is 11.9. The molecule has 0 amide bonds. The molecular weight excluding hydrogens is 1480 g/mol. The second kappa shape index (κ2) is 38.1. The molecule has 6 rings (SSSR count). The Kier molecular flexibility index (Phi) is 33.3. The summed E-state index contributed by atoms with van der Waals surface area (Å²) in [6.45, 7) is -1.44. The van der Waals surface area contributed by atoms with Crippen molar-refractivity contribution in [2.75, 3.05) is 82.3 Å². The molecule has 0 aromatic carbocycles. The monoisotopic (exact) mass is 1560 g/mol. The molecule has 97 heavy (non-hydrogen) atoms. The van der Waals surface area contributed by atoms with E-state index in [4.69, 9.17) is 115 Å². The number of unbranched alkanes of at least 4 members (excludes halogenated alkanes) is 5. The van der Waals surface area contributed by atoms with Gasteiger partial charge >= 0.3 is 62.4 Å². The lowest BCUT2D eigenvalue weighted by molar-refractivity contribution is -0.434. The van der Waals surface area contributed by atoms with Gasteiger partial charge in [0.2, 0.25) is 0 Å². The first-order valence-corrected chi connectivity index (χ1v) is 37.7. The van der Waals surface area contributed by atoms with Gasteiger partial charge in [0.05, 0.1) is 45.2 Å². The highest BCUT2D eigenvalue weighted by atomic mass is 32.3. The molecule has 6 unspecified atom stereocenters. The first-order chi connectivity index (χ1) is 45.5. The second-order valence-electron chi connectivity index (χ2n) is 21.6. The third kappa shape index (κ3) is 26.1. The van der Waals surface area contributed by atoms with Crippen LogP contribution in [-0.4, -0.2) is 313 Å². The van der Waals surface area contributed by atoms with Crippen LogP contribution in [0.3, 0.4) is 0 Å². The zero-order valence-electron chi connectivity index (χ0n) is 52.3. The van der Waals surface area contributed by atoms with Crippen LogP contribution in [-0.2, 0) is 182 Å². The molecule has 0 aromatic rings. The van der Waals surface area contributed by atoms with Gasteiger partial charge in [-0.25, -0.2) is 30.4 Å². The van der Waals surface area contributed by atoms with E-state index in [0.29, 0.717) is 6.42 Å². The predicted octanol–water partition coefficient (Wildman–Crippen LogP) is -2.18. The molecule has 0 radical (unpaired) electrons. The van der Waals surface area contributed by atoms with E-state index in [2.05, 4.69) is 16.3 Å². The Labute approximate surface area is 562 Å². The average Bonchev–Trinajstić information content (AvgIpc) is 0.783. The molecule has 7 N–H and O–H groups in total. The minimum atomic E-state index is -5.62. The smallest absolute Gasteiger partial charge is 0.376 e. The quantitative estimate of drug-likeness (QED) is 0.0113. The van der Waals surface area contributed by atoms with Crippen molar-refractivity contribution in [3.63, 3.8) is 0 Å². The Morgan fingerprint density at radius 3 is 0.897 bits per heavy atom. The van der Waals surface area contributed by atoms with Crippen molar-refractivity contribution in [2.45, 2.75) is 206 Å². The summed E-state index contributed by atoms with van der Waals surface area (Å²) < 4.78 is 345. The summed E-state index contributed by atoms with van der Waals surface area (Å²) in [6, 6.07) is 0. The van der Waals surface area contributed by atoms with E-state index in [-0.39, 0.29) is 31.8 Å². The van der Waals surface area contributed by atoms with Crippen LogP contribution in [0, 0.1) is 0 Å². The number of hydrogen-bond donors (Lipinski definition) is 7. The summed E-state index contributed by atoms with van der Waals surface area (Å²) in [4.78, 5) is 0. The van der Waals surface area contributed by atoms with Gasteiger partial charge in [0, 0.05) is 49.3 Å². The zero-order chi connectivity index (χ0) is 71.8. The fraction of sp³-hybridized carbons (Fsp3) is 1.00. The summed E-state index contributed by atoms with van der Waals surface area (Å²) in [7, 11) is -26.7. The molecule has 45 nitrogen and oxygen atoms in total. The van der Waals surface area contributed by atoms with Crippen LogP contribution >= 0.6 is 12.3 Å². The predicted molar refractivity (Wildman–Crippen MR) is 306 cm³/mol. The van der Waals surface area contributed by atoms with Gasteiger partial charge in [-0.3, -0.25) is 31.5 Å². The van der Waals surface area contributed by atoms with Crippen LogP contribution in [0.4, 0.5) is 0 Å². The third-order valence-corrected chi connectivity index (χ3v) is 18.6. The minimum absolute atomic E-state index is 0.0123. The highest BCUT2D eigenvalue weighted by Gasteiger charge is 2.57. The van der Waals surface area contributed by atoms with E-state index in [1.165, 1.54) is 0 Å². The van der Waals surface area contributed by atoms with E-state index in [1.54, 1.807) is 0 Å². The van der Waals surface area contributed by atoms with Crippen molar-refractivity contribution in [3.8, 4) is 0 Å². The van der Waals surface area contributed by atoms with Crippen molar-refractivity contribution in [1.82, 2.24) is 0 Å². The summed E-state index contributed by atoms with van der Waals surface area (Å²) in [5.74, 6) is 0. The van der Waals surface area contributed by atoms with E-state index in [0.717, 1.165) is 74.8 Å². The largest absolute Gasteiger partial charge is 0.397 e. The van der Waals surface area contributed by atoms with Crippen molar-refractivity contribution in [3.05, 3.63) is 0 Å². The molecule has 0 aromatic heterocycles. The van der Waals surface area contributed by atoms with Crippen molar-refractivity contribution in [1.29, 1.82) is 0 Å². The van der Waals surface area contributed by atoms with Crippen molar-refractivity contribution in [2.24, 2.45) is 0 Å². The fourth-order valence-electron chi connectivity index (χ4n) is 11.5. The molecule has 5 aliphatic heterocycles. The average molecular weight is 1570 g/mol. The van der Waals surface area contributed by atoms with Gasteiger partial charge in [-0.1, -0.05) is 44.1 Å². The van der Waals surface area contributed by atoms with E-state index < -0.39 is 243 Å². The molecule has 1 aliphatic carbocycles. The topological polar surface area (TPSA) is 586 Å². The van der Waals surface area contributed by atoms with E-state index >= 15 is 0 Å². The molecule has 24 atom stereocenters. The number of methoxy groups -OCH3 is 6. The molecule has 0 spiro atoms. The van der Waals surface area contributed by atoms with Gasteiger partial charge in [0.25, 0.3) is 0 Å².